The summed E-state index contributed by atoms with van der Waals surface area (Å²) in [4.78, 5) is 4.40. The average Bonchev–Trinajstić information content (AvgIpc) is 2.88. The maximum absolute atomic E-state index is 11.8. The van der Waals surface area contributed by atoms with Gasteiger partial charge in [-0.15, -0.1) is 11.3 Å². The zero-order valence-electron chi connectivity index (χ0n) is 11.5. The maximum atomic E-state index is 11.8. The van der Waals surface area contributed by atoms with Crippen LogP contribution in [0.5, 0.6) is 0 Å². The lowest BCUT2D eigenvalue weighted by molar-refractivity contribution is 0.272. The molecule has 0 bridgehead atoms. The van der Waals surface area contributed by atoms with Gasteiger partial charge in [-0.3, -0.25) is 0 Å². The van der Waals surface area contributed by atoms with Gasteiger partial charge in [-0.25, -0.2) is 13.4 Å². The van der Waals surface area contributed by atoms with Crippen LogP contribution in [0.2, 0.25) is 0 Å². The Bertz CT molecular complexity index is 485. The lowest BCUT2D eigenvalue weighted by atomic mass is 9.82. The summed E-state index contributed by atoms with van der Waals surface area (Å²) in [5.74, 6) is 0.371. The minimum atomic E-state index is -2.92. The highest BCUT2D eigenvalue weighted by molar-refractivity contribution is 7.91. The van der Waals surface area contributed by atoms with Gasteiger partial charge in [0.15, 0.2) is 0 Å². The highest BCUT2D eigenvalue weighted by Crippen LogP contribution is 2.36. The maximum Gasteiger partial charge on any atom is 0.150 e. The molecule has 2 rings (SSSR count). The zero-order valence-corrected chi connectivity index (χ0v) is 13.1. The second kappa shape index (κ2) is 6.33. The van der Waals surface area contributed by atoms with E-state index in [1.807, 2.05) is 5.51 Å². The molecular weight excluding hydrogens is 280 g/mol. The van der Waals surface area contributed by atoms with E-state index in [4.69, 9.17) is 0 Å². The van der Waals surface area contributed by atoms with Crippen LogP contribution in [0.15, 0.2) is 10.9 Å². The molecule has 0 aliphatic heterocycles. The smallest absolute Gasteiger partial charge is 0.150 e. The Morgan fingerprint density at radius 1 is 1.53 bits per heavy atom. The van der Waals surface area contributed by atoms with Gasteiger partial charge in [-0.2, -0.15) is 0 Å². The predicted octanol–water partition coefficient (Wildman–Crippen LogP) is 2.40. The number of nitrogens with zero attached hydrogens (tertiary/aromatic N) is 1. The van der Waals surface area contributed by atoms with Crippen LogP contribution in [0.3, 0.4) is 0 Å². The molecule has 1 aromatic rings. The van der Waals surface area contributed by atoms with Crippen molar-refractivity contribution in [2.24, 2.45) is 5.92 Å². The second-order valence-electron chi connectivity index (χ2n) is 5.33. The van der Waals surface area contributed by atoms with Crippen molar-refractivity contribution >= 4 is 21.2 Å². The van der Waals surface area contributed by atoms with Crippen molar-refractivity contribution in [2.75, 3.05) is 12.8 Å². The fourth-order valence-electron chi connectivity index (χ4n) is 2.98. The molecule has 1 saturated carbocycles. The van der Waals surface area contributed by atoms with E-state index in [2.05, 4.69) is 22.6 Å². The molecule has 4 nitrogen and oxygen atoms in total. The number of aromatic nitrogens is 1. The molecular formula is C13H22N2O2S2. The molecule has 0 radical (unpaired) electrons. The number of nitrogens with one attached hydrogen (secondary N) is 1. The second-order valence-corrected chi connectivity index (χ2v) is 8.37. The van der Waals surface area contributed by atoms with Gasteiger partial charge in [0.05, 0.1) is 22.5 Å². The van der Waals surface area contributed by atoms with Crippen molar-refractivity contribution < 1.29 is 8.42 Å². The highest BCUT2D eigenvalue weighted by Gasteiger charge is 2.34. The van der Waals surface area contributed by atoms with E-state index < -0.39 is 9.84 Å². The molecule has 0 aromatic carbocycles. The third-order valence-corrected chi connectivity index (χ3v) is 6.18. The van der Waals surface area contributed by atoms with E-state index in [9.17, 15) is 8.42 Å². The molecule has 0 saturated heterocycles. The van der Waals surface area contributed by atoms with Gasteiger partial charge in [0.2, 0.25) is 0 Å². The molecule has 1 aliphatic rings. The Morgan fingerprint density at radius 3 is 2.89 bits per heavy atom. The van der Waals surface area contributed by atoms with Crippen molar-refractivity contribution in [3.63, 3.8) is 0 Å². The first-order chi connectivity index (χ1) is 9.02. The summed E-state index contributed by atoms with van der Waals surface area (Å²) >= 11 is 1.59. The van der Waals surface area contributed by atoms with Gasteiger partial charge in [0, 0.05) is 11.6 Å². The van der Waals surface area contributed by atoms with E-state index in [0.29, 0.717) is 5.92 Å². The van der Waals surface area contributed by atoms with Crippen molar-refractivity contribution in [1.29, 1.82) is 0 Å². The van der Waals surface area contributed by atoms with Crippen LogP contribution in [0.25, 0.3) is 0 Å². The Kier molecular flexibility index (Phi) is 4.97. The summed E-state index contributed by atoms with van der Waals surface area (Å²) in [6, 6.07) is 0.195. The highest BCUT2D eigenvalue weighted by atomic mass is 32.2. The number of hydrogen-bond acceptors (Lipinski definition) is 5. The minimum absolute atomic E-state index is 0.175. The van der Waals surface area contributed by atoms with Gasteiger partial charge in [-0.1, -0.05) is 13.3 Å². The van der Waals surface area contributed by atoms with Crippen molar-refractivity contribution in [2.45, 2.75) is 43.9 Å². The molecule has 1 aromatic heterocycles. The van der Waals surface area contributed by atoms with Gasteiger partial charge >= 0.3 is 0 Å². The molecule has 6 heteroatoms. The summed E-state index contributed by atoms with van der Waals surface area (Å²) in [6.45, 7) is 2.96. The summed E-state index contributed by atoms with van der Waals surface area (Å²) in [7, 11) is -2.92. The van der Waals surface area contributed by atoms with Crippen molar-refractivity contribution in [1.82, 2.24) is 10.3 Å². The molecule has 3 atom stereocenters. The standard InChI is InChI=1S/C13H22N2O2S2/c1-3-14-13(12-8-18-9-15-12)10-5-4-6-11(7-10)19(2,16)17/h8-11,13-14H,3-7H2,1-2H3. The molecule has 108 valence electrons. The van der Waals surface area contributed by atoms with E-state index in [1.165, 1.54) is 6.26 Å². The predicted molar refractivity (Wildman–Crippen MR) is 79.1 cm³/mol. The Morgan fingerprint density at radius 2 is 2.32 bits per heavy atom. The van der Waals surface area contributed by atoms with Crippen LogP contribution in [0.1, 0.15) is 44.3 Å². The molecule has 1 heterocycles. The summed E-state index contributed by atoms with van der Waals surface area (Å²) in [5.41, 5.74) is 2.90. The number of hydrogen-bond donors (Lipinski definition) is 1. The minimum Gasteiger partial charge on any atom is -0.309 e. The van der Waals surface area contributed by atoms with Crippen LogP contribution in [-0.2, 0) is 9.84 Å². The average molecular weight is 302 g/mol. The van der Waals surface area contributed by atoms with E-state index in [0.717, 1.165) is 37.9 Å². The SMILES string of the molecule is CCNC(c1cscn1)C1CCCC(S(C)(=O)=O)C1. The first kappa shape index (κ1) is 14.9. The van der Waals surface area contributed by atoms with Gasteiger partial charge in [-0.05, 0) is 31.7 Å². The third kappa shape index (κ3) is 3.77. The number of thiazole rings is 1. The largest absolute Gasteiger partial charge is 0.309 e. The van der Waals surface area contributed by atoms with E-state index >= 15 is 0 Å². The lowest BCUT2D eigenvalue weighted by Crippen LogP contribution is -2.35. The van der Waals surface area contributed by atoms with Crippen LogP contribution < -0.4 is 5.32 Å². The van der Waals surface area contributed by atoms with Crippen molar-refractivity contribution in [3.8, 4) is 0 Å². The van der Waals surface area contributed by atoms with Crippen LogP contribution >= 0.6 is 11.3 Å². The van der Waals surface area contributed by atoms with Crippen LogP contribution in [-0.4, -0.2) is 31.5 Å². The fraction of sp³-hybridized carbons (Fsp3) is 0.769. The monoisotopic (exact) mass is 302 g/mol. The topological polar surface area (TPSA) is 59.1 Å². The molecule has 3 unspecified atom stereocenters. The first-order valence-corrected chi connectivity index (χ1v) is 9.72. The Balaban J connectivity index is 2.13. The van der Waals surface area contributed by atoms with Gasteiger partial charge in [0.1, 0.15) is 9.84 Å². The molecule has 1 fully saturated rings. The summed E-state index contributed by atoms with van der Waals surface area (Å²) in [5, 5.41) is 5.37. The molecule has 0 amide bonds. The molecule has 19 heavy (non-hydrogen) atoms. The molecule has 1 N–H and O–H groups in total. The number of sulfone groups is 1. The fourth-order valence-corrected chi connectivity index (χ4v) is 4.76. The summed E-state index contributed by atoms with van der Waals surface area (Å²) in [6.07, 6.45) is 5.01. The van der Waals surface area contributed by atoms with Crippen LogP contribution in [0, 0.1) is 5.92 Å². The first-order valence-electron chi connectivity index (χ1n) is 6.82. The van der Waals surface area contributed by atoms with E-state index in [1.54, 1.807) is 11.3 Å². The Hall–Kier alpha value is -0.460. The van der Waals surface area contributed by atoms with Gasteiger partial charge in [0.25, 0.3) is 0 Å². The normalized spacial score (nSPS) is 26.2. The van der Waals surface area contributed by atoms with Crippen molar-refractivity contribution in [3.05, 3.63) is 16.6 Å². The molecule has 0 spiro atoms. The van der Waals surface area contributed by atoms with Gasteiger partial charge < -0.3 is 5.32 Å². The number of rotatable bonds is 5. The Labute approximate surface area is 119 Å². The van der Waals surface area contributed by atoms with Crippen LogP contribution in [0.4, 0.5) is 0 Å². The molecule has 1 aliphatic carbocycles. The quantitative estimate of drug-likeness (QED) is 0.907. The third-order valence-electron chi connectivity index (χ3n) is 3.94. The summed E-state index contributed by atoms with van der Waals surface area (Å²) < 4.78 is 23.5. The van der Waals surface area contributed by atoms with E-state index in [-0.39, 0.29) is 11.3 Å². The zero-order chi connectivity index (χ0) is 13.9. The lowest BCUT2D eigenvalue weighted by Gasteiger charge is -2.33.